The van der Waals surface area contributed by atoms with Gasteiger partial charge < -0.3 is 19.7 Å². The number of fused-ring (bicyclic) bond motifs is 2. The Morgan fingerprint density at radius 1 is 1.29 bits per heavy atom. The van der Waals surface area contributed by atoms with E-state index in [1.54, 1.807) is 6.08 Å². The molecule has 0 fully saturated rings. The highest BCUT2D eigenvalue weighted by molar-refractivity contribution is 5.96. The number of hydrogen-bond acceptors (Lipinski definition) is 6. The average molecular weight is 290 g/mol. The summed E-state index contributed by atoms with van der Waals surface area (Å²) in [5.41, 5.74) is 0.998. The Hall–Kier alpha value is -2.15. The second kappa shape index (κ2) is 5.69. The standard InChI is InChI=1S/C15H14O6/c16-12-6-10(19-8-20-15(17)18)7-14-11(12)5-9-3-1-2-4-13(9)21-14/h1-4,6-7,11,15,17-18H,5,8H2. The van der Waals surface area contributed by atoms with E-state index in [4.69, 9.17) is 19.7 Å². The second-order valence-electron chi connectivity index (χ2n) is 4.72. The van der Waals surface area contributed by atoms with Crippen molar-refractivity contribution in [3.05, 3.63) is 53.5 Å². The molecule has 2 aliphatic rings. The van der Waals surface area contributed by atoms with Gasteiger partial charge in [0.1, 0.15) is 17.3 Å². The first-order valence-corrected chi connectivity index (χ1v) is 6.47. The van der Waals surface area contributed by atoms with Gasteiger partial charge in [0, 0.05) is 12.2 Å². The van der Waals surface area contributed by atoms with Gasteiger partial charge in [-0.15, -0.1) is 0 Å². The molecule has 6 heteroatoms. The third kappa shape index (κ3) is 2.97. The first-order valence-electron chi connectivity index (χ1n) is 6.47. The van der Waals surface area contributed by atoms with Crippen LogP contribution in [0.4, 0.5) is 0 Å². The lowest BCUT2D eigenvalue weighted by molar-refractivity contribution is -0.263. The molecule has 0 saturated carbocycles. The highest BCUT2D eigenvalue weighted by Crippen LogP contribution is 2.36. The predicted octanol–water partition coefficient (Wildman–Crippen LogP) is 0.847. The highest BCUT2D eigenvalue weighted by atomic mass is 16.8. The average Bonchev–Trinajstić information content (AvgIpc) is 2.45. The SMILES string of the molecule is O=C1C=C(OCOC(O)O)C=C2Oc3ccccc3CC12. The van der Waals surface area contributed by atoms with Crippen molar-refractivity contribution in [2.75, 3.05) is 6.79 Å². The number of rotatable bonds is 4. The van der Waals surface area contributed by atoms with Crippen molar-refractivity contribution in [1.29, 1.82) is 0 Å². The number of carbonyl (C=O) groups excluding carboxylic acids is 1. The molecule has 1 aromatic rings. The van der Waals surface area contributed by atoms with Crippen molar-refractivity contribution in [2.45, 2.75) is 12.9 Å². The number of benzene rings is 1. The van der Waals surface area contributed by atoms with Gasteiger partial charge >= 0.3 is 0 Å². The number of allylic oxidation sites excluding steroid dienone is 3. The fourth-order valence-corrected chi connectivity index (χ4v) is 2.33. The molecule has 110 valence electrons. The zero-order valence-electron chi connectivity index (χ0n) is 11.1. The number of ketones is 1. The summed E-state index contributed by atoms with van der Waals surface area (Å²) in [5, 5.41) is 17.1. The van der Waals surface area contributed by atoms with E-state index in [9.17, 15) is 4.79 Å². The molecule has 1 aliphatic carbocycles. The molecule has 1 aromatic carbocycles. The van der Waals surface area contributed by atoms with Crippen molar-refractivity contribution in [1.82, 2.24) is 0 Å². The fourth-order valence-electron chi connectivity index (χ4n) is 2.33. The molecule has 0 spiro atoms. The third-order valence-corrected chi connectivity index (χ3v) is 3.32. The highest BCUT2D eigenvalue weighted by Gasteiger charge is 2.33. The van der Waals surface area contributed by atoms with Crippen LogP contribution < -0.4 is 4.74 Å². The Balaban J connectivity index is 1.76. The van der Waals surface area contributed by atoms with Crippen LogP contribution in [0.2, 0.25) is 0 Å². The zero-order chi connectivity index (χ0) is 14.8. The molecule has 1 heterocycles. The Morgan fingerprint density at radius 3 is 2.90 bits per heavy atom. The van der Waals surface area contributed by atoms with Crippen molar-refractivity contribution in [3.63, 3.8) is 0 Å². The molecule has 2 N–H and O–H groups in total. The Bertz CT molecular complexity index is 616. The van der Waals surface area contributed by atoms with Gasteiger partial charge in [-0.25, -0.2) is 0 Å². The molecule has 6 nitrogen and oxygen atoms in total. The quantitative estimate of drug-likeness (QED) is 0.800. The van der Waals surface area contributed by atoms with E-state index in [1.165, 1.54) is 6.08 Å². The van der Waals surface area contributed by atoms with E-state index in [0.29, 0.717) is 12.2 Å². The number of aliphatic hydroxyl groups is 2. The third-order valence-electron chi connectivity index (χ3n) is 3.32. The Morgan fingerprint density at radius 2 is 2.10 bits per heavy atom. The summed E-state index contributed by atoms with van der Waals surface area (Å²) in [6.07, 6.45) is 3.57. The number of para-hydroxylation sites is 1. The summed E-state index contributed by atoms with van der Waals surface area (Å²) in [4.78, 5) is 12.1. The van der Waals surface area contributed by atoms with Gasteiger partial charge in [-0.1, -0.05) is 18.2 Å². The van der Waals surface area contributed by atoms with Crippen LogP contribution in [0.15, 0.2) is 47.9 Å². The molecule has 1 unspecified atom stereocenters. The Labute approximate surface area is 120 Å². The summed E-state index contributed by atoms with van der Waals surface area (Å²) >= 11 is 0. The minimum atomic E-state index is -1.91. The van der Waals surface area contributed by atoms with Gasteiger partial charge in [-0.2, -0.15) is 0 Å². The summed E-state index contributed by atoms with van der Waals surface area (Å²) in [7, 11) is 0. The van der Waals surface area contributed by atoms with E-state index in [1.807, 2.05) is 24.3 Å². The molecule has 0 radical (unpaired) electrons. The number of aliphatic hydroxyl groups excluding tert-OH is 1. The van der Waals surface area contributed by atoms with Gasteiger partial charge in [0.25, 0.3) is 6.48 Å². The van der Waals surface area contributed by atoms with Crippen LogP contribution in [0.3, 0.4) is 0 Å². The van der Waals surface area contributed by atoms with Gasteiger partial charge in [0.05, 0.1) is 5.92 Å². The molecule has 0 amide bonds. The molecule has 1 atom stereocenters. The summed E-state index contributed by atoms with van der Waals surface area (Å²) in [6.45, 7) is -2.29. The number of carbonyl (C=O) groups is 1. The monoisotopic (exact) mass is 290 g/mol. The first-order chi connectivity index (χ1) is 10.1. The predicted molar refractivity (Wildman–Crippen MR) is 70.7 cm³/mol. The lowest BCUT2D eigenvalue weighted by Crippen LogP contribution is -2.28. The van der Waals surface area contributed by atoms with Crippen molar-refractivity contribution < 1.29 is 29.2 Å². The van der Waals surface area contributed by atoms with Gasteiger partial charge in [-0.05, 0) is 18.1 Å². The Kier molecular flexibility index (Phi) is 3.74. The molecule has 0 bridgehead atoms. The molecule has 3 rings (SSSR count). The van der Waals surface area contributed by atoms with Crippen LogP contribution >= 0.6 is 0 Å². The van der Waals surface area contributed by atoms with Crippen LogP contribution in [0.25, 0.3) is 0 Å². The minimum absolute atomic E-state index is 0.110. The van der Waals surface area contributed by atoms with Gasteiger partial charge in [0.2, 0.25) is 0 Å². The summed E-state index contributed by atoms with van der Waals surface area (Å²) in [6, 6.07) is 7.56. The lowest BCUT2D eigenvalue weighted by Gasteiger charge is -2.28. The lowest BCUT2D eigenvalue weighted by atomic mass is 9.87. The molecular formula is C15H14O6. The first kappa shape index (κ1) is 13.8. The van der Waals surface area contributed by atoms with E-state index < -0.39 is 6.48 Å². The number of hydrogen-bond donors (Lipinski definition) is 2. The normalized spacial score (nSPS) is 20.1. The topological polar surface area (TPSA) is 85.2 Å². The van der Waals surface area contributed by atoms with Crippen LogP contribution in [0.5, 0.6) is 5.75 Å². The molecule has 1 aliphatic heterocycles. The van der Waals surface area contributed by atoms with E-state index in [-0.39, 0.29) is 24.3 Å². The molecular weight excluding hydrogens is 276 g/mol. The van der Waals surface area contributed by atoms with Gasteiger partial charge in [-0.3, -0.25) is 9.53 Å². The second-order valence-corrected chi connectivity index (χ2v) is 4.72. The van der Waals surface area contributed by atoms with Crippen LogP contribution in [-0.2, 0) is 20.7 Å². The summed E-state index contributed by atoms with van der Waals surface area (Å²) in [5.74, 6) is 1.08. The largest absolute Gasteiger partial charge is 0.467 e. The van der Waals surface area contributed by atoms with Gasteiger partial charge in [0.15, 0.2) is 12.6 Å². The van der Waals surface area contributed by atoms with Crippen molar-refractivity contribution >= 4 is 5.78 Å². The zero-order valence-corrected chi connectivity index (χ0v) is 11.1. The summed E-state index contributed by atoms with van der Waals surface area (Å²) < 4.78 is 15.3. The van der Waals surface area contributed by atoms with Crippen LogP contribution in [-0.4, -0.2) is 29.3 Å². The van der Waals surface area contributed by atoms with E-state index >= 15 is 0 Å². The minimum Gasteiger partial charge on any atom is -0.467 e. The van der Waals surface area contributed by atoms with Crippen LogP contribution in [0, 0.1) is 5.92 Å². The van der Waals surface area contributed by atoms with Crippen LogP contribution in [0.1, 0.15) is 5.56 Å². The maximum atomic E-state index is 12.1. The van der Waals surface area contributed by atoms with E-state index in [2.05, 4.69) is 4.74 Å². The molecule has 21 heavy (non-hydrogen) atoms. The molecule has 0 aromatic heterocycles. The van der Waals surface area contributed by atoms with E-state index in [0.717, 1.165) is 11.3 Å². The smallest absolute Gasteiger partial charge is 0.269 e. The maximum Gasteiger partial charge on any atom is 0.269 e. The van der Waals surface area contributed by atoms with Crippen molar-refractivity contribution in [2.24, 2.45) is 5.92 Å². The fraction of sp³-hybridized carbons (Fsp3) is 0.267. The maximum absolute atomic E-state index is 12.1. The van der Waals surface area contributed by atoms with Crippen molar-refractivity contribution in [3.8, 4) is 5.75 Å². The number of ether oxygens (including phenoxy) is 3. The molecule has 0 saturated heterocycles.